The topological polar surface area (TPSA) is 461 Å². The number of para-hydroxylation sites is 4. The number of nitrogens with zero attached hydrogens (tertiary/aromatic N) is 7. The van der Waals surface area contributed by atoms with Crippen LogP contribution < -0.4 is 21.5 Å². The summed E-state index contributed by atoms with van der Waals surface area (Å²) in [5, 5.41) is 63.4. The summed E-state index contributed by atoms with van der Waals surface area (Å²) in [7, 11) is -23.2. The van der Waals surface area contributed by atoms with Gasteiger partial charge in [0.1, 0.15) is 30.6 Å². The highest BCUT2D eigenvalue weighted by molar-refractivity contribution is 7.97. The zero-order valence-corrected chi connectivity index (χ0v) is 81.3. The van der Waals surface area contributed by atoms with E-state index in [1.807, 2.05) is 54.6 Å². The van der Waals surface area contributed by atoms with Gasteiger partial charge in [-0.05, 0) is 184 Å². The van der Waals surface area contributed by atoms with Gasteiger partial charge in [-0.1, -0.05) is 246 Å². The maximum Gasteiger partial charge on any atom is 0.327 e. The van der Waals surface area contributed by atoms with Crippen molar-refractivity contribution in [2.75, 3.05) is 47.7 Å². The predicted molar refractivity (Wildman–Crippen MR) is 539 cm³/mol. The molecule has 10 aromatic carbocycles. The fourth-order valence-corrected chi connectivity index (χ4v) is 23.8. The van der Waals surface area contributed by atoms with E-state index in [-0.39, 0.29) is 50.1 Å². The van der Waals surface area contributed by atoms with E-state index in [1.54, 1.807) is 206 Å². The summed E-state index contributed by atoms with van der Waals surface area (Å²) in [5.74, 6) is -8.47. The summed E-state index contributed by atoms with van der Waals surface area (Å²) in [6, 6.07) is 71.8. The maximum atomic E-state index is 12.7. The number of carboxylic acid groups (broad SMARTS) is 6. The first-order valence-electron chi connectivity index (χ1n) is 41.6. The number of hydrogen-bond acceptors (Lipinski definition) is 19. The molecule has 16 rings (SSSR count). The van der Waals surface area contributed by atoms with E-state index in [0.29, 0.717) is 87.7 Å². The second-order valence-electron chi connectivity index (χ2n) is 30.7. The molecule has 0 bridgehead atoms. The highest BCUT2D eigenvalue weighted by atomic mass is 35.5. The Morgan fingerprint density at radius 1 is 0.374 bits per heavy atom. The van der Waals surface area contributed by atoms with Gasteiger partial charge in [0.2, 0.25) is 10.0 Å². The lowest BCUT2D eigenvalue weighted by molar-refractivity contribution is -0.141. The van der Waals surface area contributed by atoms with E-state index in [0.717, 1.165) is 71.8 Å². The normalized spacial score (nSPS) is 16.7. The summed E-state index contributed by atoms with van der Waals surface area (Å²) in [4.78, 5) is 71.6. The molecular formula is C97H86Cl5N7O24S6. The van der Waals surface area contributed by atoms with E-state index in [2.05, 4.69) is 4.98 Å². The third-order valence-electron chi connectivity index (χ3n) is 21.4. The Hall–Kier alpha value is -13.3. The highest BCUT2D eigenvalue weighted by Crippen LogP contribution is 2.41. The fourth-order valence-electron chi connectivity index (χ4n) is 14.8. The predicted octanol–water partition coefficient (Wildman–Crippen LogP) is 17.2. The second kappa shape index (κ2) is 47.4. The summed E-state index contributed by atoms with van der Waals surface area (Å²) >= 11 is 29.8. The molecule has 0 saturated carbocycles. The molecule has 6 N–H and O–H groups in total. The van der Waals surface area contributed by atoms with E-state index in [9.17, 15) is 99.7 Å². The molecule has 42 heteroatoms. The van der Waals surface area contributed by atoms with Gasteiger partial charge in [-0.3, -0.25) is 45.7 Å². The van der Waals surface area contributed by atoms with E-state index >= 15 is 0 Å². The number of rotatable bonds is 27. The van der Waals surface area contributed by atoms with Crippen molar-refractivity contribution >= 4 is 219 Å². The van der Waals surface area contributed by atoms with Crippen molar-refractivity contribution in [3.05, 3.63) is 386 Å². The van der Waals surface area contributed by atoms with E-state index < -0.39 is 132 Å². The Labute approximate surface area is 827 Å². The number of fused-ring (bicyclic) bond motifs is 4. The van der Waals surface area contributed by atoms with E-state index in [4.69, 9.17) is 68.2 Å². The van der Waals surface area contributed by atoms with Crippen LogP contribution in [-0.2, 0) is 108 Å². The van der Waals surface area contributed by atoms with Gasteiger partial charge in [-0.15, -0.1) is 0 Å². The number of halogens is 5. The molecule has 5 aliphatic rings. The summed E-state index contributed by atoms with van der Waals surface area (Å²) < 4.78 is 157. The van der Waals surface area contributed by atoms with Crippen LogP contribution in [0.25, 0.3) is 36.5 Å². The van der Waals surface area contributed by atoms with Gasteiger partial charge in [-0.25, -0.2) is 60.1 Å². The zero-order valence-electron chi connectivity index (χ0n) is 72.7. The van der Waals surface area contributed by atoms with Crippen LogP contribution in [0.3, 0.4) is 0 Å². The van der Waals surface area contributed by atoms with Gasteiger partial charge in [0.25, 0.3) is 50.1 Å². The number of anilines is 5. The molecule has 0 aliphatic carbocycles. The number of carbonyl (C=O) groups is 6. The first-order chi connectivity index (χ1) is 65.9. The van der Waals surface area contributed by atoms with Crippen LogP contribution in [0.5, 0.6) is 0 Å². The van der Waals surface area contributed by atoms with Crippen molar-refractivity contribution in [3.63, 3.8) is 0 Å². The monoisotopic (exact) mass is 2100 g/mol. The maximum absolute atomic E-state index is 12.7. The van der Waals surface area contributed by atoms with Gasteiger partial charge >= 0.3 is 35.8 Å². The molecule has 0 radical (unpaired) electrons. The summed E-state index contributed by atoms with van der Waals surface area (Å²) in [6.45, 7) is -0.407. The van der Waals surface area contributed by atoms with Gasteiger partial charge in [-0.2, -0.15) is 4.31 Å². The van der Waals surface area contributed by atoms with Crippen LogP contribution in [0.2, 0.25) is 25.1 Å². The molecule has 1 aromatic heterocycles. The number of pyridine rings is 1. The Bertz CT molecular complexity index is 7180. The van der Waals surface area contributed by atoms with Gasteiger partial charge in [0.05, 0.1) is 67.7 Å². The molecule has 1 saturated heterocycles. The fraction of sp³-hybridized carbons (Fsp3) is 0.144. The Morgan fingerprint density at radius 2 is 0.799 bits per heavy atom. The molecule has 724 valence electrons. The Morgan fingerprint density at radius 3 is 1.31 bits per heavy atom. The van der Waals surface area contributed by atoms with E-state index in [1.165, 1.54) is 58.4 Å². The molecule has 139 heavy (non-hydrogen) atoms. The van der Waals surface area contributed by atoms with Crippen LogP contribution in [0.15, 0.2) is 306 Å². The van der Waals surface area contributed by atoms with Crippen LogP contribution >= 0.6 is 58.0 Å². The molecule has 31 nitrogen and oxygen atoms in total. The lowest BCUT2D eigenvalue weighted by Gasteiger charge is -2.22. The van der Waals surface area contributed by atoms with Gasteiger partial charge in [0, 0.05) is 69.1 Å². The van der Waals surface area contributed by atoms with Gasteiger partial charge < -0.3 is 30.6 Å². The molecule has 5 atom stereocenters. The molecular weight excluding hydrogens is 2020 g/mol. The van der Waals surface area contributed by atoms with Crippen LogP contribution in [0.1, 0.15) is 74.5 Å². The number of aliphatic carboxylic acids is 6. The smallest absolute Gasteiger partial charge is 0.327 e. The van der Waals surface area contributed by atoms with Crippen molar-refractivity contribution in [2.24, 2.45) is 5.92 Å². The summed E-state index contributed by atoms with van der Waals surface area (Å²) in [5.41, 5.74) is 8.50. The third kappa shape index (κ3) is 28.3. The zero-order chi connectivity index (χ0) is 101. The third-order valence-corrected chi connectivity index (χ3v) is 31.8. The second-order valence-corrected chi connectivity index (χ2v) is 43.2. The molecule has 5 aliphatic heterocycles. The number of hydrogen-bond donors (Lipinski definition) is 6. The minimum absolute atomic E-state index is 0.0270. The number of carboxylic acids is 6. The molecule has 0 spiro atoms. The minimum atomic E-state index is -4.02. The van der Waals surface area contributed by atoms with Crippen LogP contribution in [-0.4, -0.2) is 171 Å². The highest BCUT2D eigenvalue weighted by Gasteiger charge is 2.46. The number of benzene rings is 10. The molecule has 1 fully saturated rings. The number of sulfonamides is 6. The average molecular weight is 2100 g/mol. The largest absolute Gasteiger partial charge is 0.481 e. The van der Waals surface area contributed by atoms with Crippen molar-refractivity contribution < 1.29 is 110 Å². The van der Waals surface area contributed by atoms with Crippen LogP contribution in [0, 0.1) is 5.92 Å². The molecule has 6 heterocycles. The first kappa shape index (κ1) is 106. The lowest BCUT2D eigenvalue weighted by atomic mass is 10.0. The van der Waals surface area contributed by atoms with Crippen molar-refractivity contribution in [1.82, 2.24) is 9.29 Å². The van der Waals surface area contributed by atoms with Crippen molar-refractivity contribution in [1.29, 1.82) is 0 Å². The first-order valence-corrected chi connectivity index (χ1v) is 52.5. The van der Waals surface area contributed by atoms with Crippen molar-refractivity contribution in [3.8, 4) is 0 Å². The van der Waals surface area contributed by atoms with Gasteiger partial charge in [0.15, 0.2) is 0 Å². The Kier molecular flexibility index (Phi) is 36.2. The number of aromatic nitrogens is 1. The summed E-state index contributed by atoms with van der Waals surface area (Å²) in [6.07, 6.45) is 10.6. The average Bonchev–Trinajstić information content (AvgIpc) is 1.62. The SMILES string of the molecule is O=C(O)C1Cc2ccccc2N1S(=O)(=O)/C=C/c1ccccc1Cl.O=C(O)C1Cc2ncccc2N1S(=O)(=O)/C=C/c1ccccc1Cl.O=C(O)CC1CC(C(=O)O)N(S(=O)(=O)/C=C/c2ccccc2Cl)C1.O=C(O)CN(c1ccccc1)S(=O)(=O)/C=C/c1ccccc1Cl.O=C(O)[C@H]1CN(S(=O)(=O)/C=C/c2cccc(Cl)c2)c2ccccc21.O=S(=O)(/C=C/c1ccccc1)N1CCc2ccccc21. The molecule has 11 aromatic rings. The minimum Gasteiger partial charge on any atom is -0.481 e. The standard InChI is InChI=1S/2C17H14ClNO4S.C16H13ClN2O4S.C16H14ClNO4S.C16H15NO2S.C15H16ClNO6S/c18-14-7-3-1-5-12(14)9-10-24(22,23)19-15-8-4-2-6-13(15)11-16(19)17(20)21;18-13-5-3-4-12(10-13)8-9-24(22,23)19-11-15(17(20)21)14-6-1-2-7-16(14)19;17-12-5-2-1-4-11(12)7-9-24(22,23)19-14-6-3-8-18-13(14)10-15(19)16(20)21;17-15-9-5-4-6-13(15)10-11-23(21,22)18(12-16(19)20)14-7-2-1-3-8-14;18-20(19,13-11-14-6-2-1-3-7-14)17-12-10-15-8-4-5-9-16(15)17;16-12-4-2-1-3-11(12)5-6-24(22,23)17-9-10(8-14(18)19)7-13(17)15(20)21/h1-10,16H,11H2,(H,20,21);1-10,15H,11H2,(H,20,21);1-9,15H,10H2,(H,20,21);1-11H,12H2,(H,19,20);1-9,11,13H,10,12H2;1-6,10,13H,7-9H2,(H,18,19)(H,20,21)/b10-9+;9-8+;9-7+;11-10+;13-11+;6-5+/t;15-;;;;/m.0..../s1. The van der Waals surface area contributed by atoms with Crippen molar-refractivity contribution in [2.45, 2.75) is 56.1 Å². The Balaban J connectivity index is 0.000000160. The molecule has 0 amide bonds. The van der Waals surface area contributed by atoms with Crippen LogP contribution in [0.4, 0.5) is 28.4 Å². The lowest BCUT2D eigenvalue weighted by Crippen LogP contribution is -2.41. The molecule has 4 unspecified atom stereocenters. The quantitative estimate of drug-likeness (QED) is 0.0278.